The van der Waals surface area contributed by atoms with Crippen LogP contribution in [-0.2, 0) is 4.79 Å². The molecule has 0 fully saturated rings. The van der Waals surface area contributed by atoms with Gasteiger partial charge in [-0.3, -0.25) is 25.0 Å². The van der Waals surface area contributed by atoms with E-state index in [4.69, 9.17) is 27.9 Å². The Balaban J connectivity index is 1.85. The topological polar surface area (TPSA) is 148 Å². The van der Waals surface area contributed by atoms with Gasteiger partial charge in [0.05, 0.1) is 31.6 Å². The predicted molar refractivity (Wildman–Crippen MR) is 125 cm³/mol. The zero-order valence-corrected chi connectivity index (χ0v) is 18.4. The Morgan fingerprint density at radius 3 is 2.29 bits per heavy atom. The Morgan fingerprint density at radius 2 is 1.68 bits per heavy atom. The van der Waals surface area contributed by atoms with Crippen LogP contribution in [0.4, 0.5) is 17.1 Å². The normalized spacial score (nSPS) is 10.8. The summed E-state index contributed by atoms with van der Waals surface area (Å²) < 4.78 is 5.49. The van der Waals surface area contributed by atoms with Gasteiger partial charge >= 0.3 is 5.69 Å². The summed E-state index contributed by atoms with van der Waals surface area (Å²) in [5.41, 5.74) is -0.596. The van der Waals surface area contributed by atoms with E-state index in [-0.39, 0.29) is 22.1 Å². The third kappa shape index (κ3) is 5.66. The van der Waals surface area contributed by atoms with Crippen LogP contribution in [0.15, 0.2) is 66.2 Å². The minimum Gasteiger partial charge on any atom is -0.449 e. The standard InChI is InChI=1S/C22H12Cl2N4O6/c23-16-3-1-2-4-18(16)26-22(29)14(12-25)9-13-5-7-20(17(24)10-13)34-21-8-6-15(27(30)31)11-19(21)28(32)33/h1-11H,(H,26,29)/b14-9+. The highest BCUT2D eigenvalue weighted by Gasteiger charge is 2.22. The van der Waals surface area contributed by atoms with E-state index in [9.17, 15) is 30.3 Å². The van der Waals surface area contributed by atoms with Crippen LogP contribution in [0.5, 0.6) is 11.5 Å². The lowest BCUT2D eigenvalue weighted by Crippen LogP contribution is -2.13. The van der Waals surface area contributed by atoms with Gasteiger partial charge in [0.1, 0.15) is 17.4 Å². The molecule has 0 spiro atoms. The second-order valence-corrected chi connectivity index (χ2v) is 7.38. The second kappa shape index (κ2) is 10.4. The summed E-state index contributed by atoms with van der Waals surface area (Å²) in [6.45, 7) is 0. The van der Waals surface area contributed by atoms with Crippen LogP contribution in [0.3, 0.4) is 0 Å². The van der Waals surface area contributed by atoms with Gasteiger partial charge in [0, 0.05) is 6.07 Å². The Labute approximate surface area is 201 Å². The molecule has 0 aliphatic carbocycles. The van der Waals surface area contributed by atoms with E-state index in [0.29, 0.717) is 16.3 Å². The van der Waals surface area contributed by atoms with Gasteiger partial charge in [-0.25, -0.2) is 0 Å². The van der Waals surface area contributed by atoms with Crippen molar-refractivity contribution in [3.8, 4) is 17.6 Å². The van der Waals surface area contributed by atoms with Gasteiger partial charge in [0.15, 0.2) is 0 Å². The van der Waals surface area contributed by atoms with E-state index >= 15 is 0 Å². The van der Waals surface area contributed by atoms with E-state index < -0.39 is 27.1 Å². The van der Waals surface area contributed by atoms with Crippen molar-refractivity contribution in [3.05, 3.63) is 102 Å². The van der Waals surface area contributed by atoms with Gasteiger partial charge in [-0.05, 0) is 42.0 Å². The fourth-order valence-electron chi connectivity index (χ4n) is 2.72. The van der Waals surface area contributed by atoms with E-state index in [0.717, 1.165) is 18.2 Å². The lowest BCUT2D eigenvalue weighted by molar-refractivity contribution is -0.394. The first-order valence-corrected chi connectivity index (χ1v) is 10.0. The van der Waals surface area contributed by atoms with Gasteiger partial charge in [-0.15, -0.1) is 0 Å². The Kier molecular flexibility index (Phi) is 7.43. The summed E-state index contributed by atoms with van der Waals surface area (Å²) in [7, 11) is 0. The van der Waals surface area contributed by atoms with Gasteiger partial charge < -0.3 is 10.1 Å². The first kappa shape index (κ1) is 24.2. The number of nitro benzene ring substituents is 2. The molecule has 1 N–H and O–H groups in total. The molecular weight excluding hydrogens is 487 g/mol. The molecule has 0 atom stereocenters. The molecule has 0 heterocycles. The maximum Gasteiger partial charge on any atom is 0.318 e. The van der Waals surface area contributed by atoms with E-state index in [1.54, 1.807) is 30.3 Å². The molecule has 12 heteroatoms. The molecule has 0 saturated carbocycles. The van der Waals surface area contributed by atoms with Gasteiger partial charge in [0.25, 0.3) is 11.6 Å². The summed E-state index contributed by atoms with van der Waals surface area (Å²) in [6, 6.07) is 15.5. The number of carbonyl (C=O) groups excluding carboxylic acids is 1. The van der Waals surface area contributed by atoms with Crippen LogP contribution in [-0.4, -0.2) is 15.8 Å². The fraction of sp³-hybridized carbons (Fsp3) is 0. The summed E-state index contributed by atoms with van der Waals surface area (Å²) in [5.74, 6) is -0.916. The van der Waals surface area contributed by atoms with Crippen molar-refractivity contribution in [2.24, 2.45) is 0 Å². The lowest BCUT2D eigenvalue weighted by atomic mass is 10.1. The highest BCUT2D eigenvalue weighted by Crippen LogP contribution is 2.37. The van der Waals surface area contributed by atoms with Crippen LogP contribution in [0.25, 0.3) is 6.08 Å². The summed E-state index contributed by atoms with van der Waals surface area (Å²) in [4.78, 5) is 33.0. The molecule has 0 unspecified atom stereocenters. The van der Waals surface area contributed by atoms with Crippen LogP contribution in [0, 0.1) is 31.6 Å². The molecule has 0 radical (unpaired) electrons. The minimum absolute atomic E-state index is 0.0187. The highest BCUT2D eigenvalue weighted by atomic mass is 35.5. The predicted octanol–water partition coefficient (Wildman–Crippen LogP) is 6.15. The molecule has 3 aromatic carbocycles. The summed E-state index contributed by atoms with van der Waals surface area (Å²) >= 11 is 12.2. The molecule has 34 heavy (non-hydrogen) atoms. The fourth-order valence-corrected chi connectivity index (χ4v) is 3.13. The molecule has 0 bridgehead atoms. The zero-order valence-electron chi connectivity index (χ0n) is 16.9. The lowest BCUT2D eigenvalue weighted by Gasteiger charge is -2.09. The number of hydrogen-bond donors (Lipinski definition) is 1. The largest absolute Gasteiger partial charge is 0.449 e. The van der Waals surface area contributed by atoms with Crippen LogP contribution < -0.4 is 10.1 Å². The molecule has 1 amide bonds. The van der Waals surface area contributed by atoms with Crippen molar-refractivity contribution in [2.45, 2.75) is 0 Å². The van der Waals surface area contributed by atoms with Crippen molar-refractivity contribution in [1.29, 1.82) is 5.26 Å². The van der Waals surface area contributed by atoms with Crippen molar-refractivity contribution in [1.82, 2.24) is 0 Å². The number of nitriles is 1. The van der Waals surface area contributed by atoms with Crippen molar-refractivity contribution in [2.75, 3.05) is 5.32 Å². The molecule has 0 aromatic heterocycles. The second-order valence-electron chi connectivity index (χ2n) is 6.56. The first-order valence-electron chi connectivity index (χ1n) is 9.27. The molecule has 0 aliphatic heterocycles. The molecule has 0 aliphatic rings. The monoisotopic (exact) mass is 498 g/mol. The van der Waals surface area contributed by atoms with Crippen molar-refractivity contribution < 1.29 is 19.4 Å². The smallest absolute Gasteiger partial charge is 0.318 e. The number of para-hydroxylation sites is 1. The number of carbonyl (C=O) groups is 1. The third-order valence-electron chi connectivity index (χ3n) is 4.32. The third-order valence-corrected chi connectivity index (χ3v) is 4.95. The van der Waals surface area contributed by atoms with E-state index in [2.05, 4.69) is 5.32 Å². The Bertz CT molecular complexity index is 1380. The molecule has 3 rings (SSSR count). The number of nitrogens with zero attached hydrogens (tertiary/aromatic N) is 3. The molecule has 170 valence electrons. The summed E-state index contributed by atoms with van der Waals surface area (Å²) in [6.07, 6.45) is 1.29. The molecule has 3 aromatic rings. The molecular formula is C22H12Cl2N4O6. The minimum atomic E-state index is -0.815. The average Bonchev–Trinajstić information content (AvgIpc) is 2.80. The van der Waals surface area contributed by atoms with Crippen LogP contribution in [0.1, 0.15) is 5.56 Å². The summed E-state index contributed by atoms with van der Waals surface area (Å²) in [5, 5.41) is 34.4. The number of hydrogen-bond acceptors (Lipinski definition) is 7. The number of amides is 1. The van der Waals surface area contributed by atoms with Crippen molar-refractivity contribution in [3.63, 3.8) is 0 Å². The van der Waals surface area contributed by atoms with Gasteiger partial charge in [-0.2, -0.15) is 5.26 Å². The van der Waals surface area contributed by atoms with E-state index in [1.165, 1.54) is 24.3 Å². The maximum atomic E-state index is 12.4. The maximum absolute atomic E-state index is 12.4. The first-order chi connectivity index (χ1) is 16.2. The average molecular weight is 499 g/mol. The Hall–Kier alpha value is -4.46. The molecule has 0 saturated heterocycles. The van der Waals surface area contributed by atoms with E-state index in [1.807, 2.05) is 0 Å². The number of rotatable bonds is 7. The molecule has 10 nitrogen and oxygen atoms in total. The number of benzene rings is 3. The van der Waals surface area contributed by atoms with Gasteiger partial charge in [-0.1, -0.05) is 41.4 Å². The van der Waals surface area contributed by atoms with Crippen LogP contribution >= 0.6 is 23.2 Å². The highest BCUT2D eigenvalue weighted by molar-refractivity contribution is 6.34. The zero-order chi connectivity index (χ0) is 24.8. The number of anilines is 1. The SMILES string of the molecule is N#C/C(=C\c1ccc(Oc2ccc([N+](=O)[O-])cc2[N+](=O)[O-])c(Cl)c1)C(=O)Nc1ccccc1Cl. The number of nitro groups is 2. The van der Waals surface area contributed by atoms with Crippen LogP contribution in [0.2, 0.25) is 10.0 Å². The van der Waals surface area contributed by atoms with Gasteiger partial charge in [0.2, 0.25) is 5.75 Å². The number of halogens is 2. The number of nitrogens with one attached hydrogen (secondary N) is 1. The number of ether oxygens (including phenoxy) is 1. The quantitative estimate of drug-likeness (QED) is 0.177. The van der Waals surface area contributed by atoms with Crippen molar-refractivity contribution >= 4 is 52.2 Å². The Morgan fingerprint density at radius 1 is 0.971 bits per heavy atom. The number of non-ortho nitro benzene ring substituents is 1.